The van der Waals surface area contributed by atoms with Gasteiger partial charge in [-0.15, -0.1) is 20.6 Å². The molecule has 10 heteroatoms. The summed E-state index contributed by atoms with van der Waals surface area (Å²) in [6.07, 6.45) is -4.32. The highest BCUT2D eigenvalue weighted by Gasteiger charge is 2.32. The maximum Gasteiger partial charge on any atom is 0.393 e. The maximum atomic E-state index is 14.7. The van der Waals surface area contributed by atoms with E-state index in [2.05, 4.69) is 51.6 Å². The van der Waals surface area contributed by atoms with Gasteiger partial charge in [0.1, 0.15) is 11.9 Å². The summed E-state index contributed by atoms with van der Waals surface area (Å²) in [4.78, 5) is 2.32. The zero-order chi connectivity index (χ0) is 29.0. The number of fused-ring (bicyclic) bond motifs is 1. The van der Waals surface area contributed by atoms with Crippen LogP contribution in [-0.4, -0.2) is 57.1 Å². The van der Waals surface area contributed by atoms with Crippen LogP contribution in [0.2, 0.25) is 0 Å². The zero-order valence-electron chi connectivity index (χ0n) is 23.3. The Morgan fingerprint density at radius 1 is 1.20 bits per heavy atom. The van der Waals surface area contributed by atoms with Crippen molar-refractivity contribution in [3.8, 4) is 17.6 Å². The van der Waals surface area contributed by atoms with E-state index in [1.807, 2.05) is 11.9 Å². The number of nitrogens with one attached hydrogen (secondary N) is 2. The SMILES string of the molecule is CCc1cc(P)c(CC)c(OC)c1NCC#Cc1sc2c(NC3CCN(C)CC3F)cccc2c1CC(F)(F)F. The Kier molecular flexibility index (Phi) is 9.87. The molecule has 0 bridgehead atoms. The number of hydrogen-bond donors (Lipinski definition) is 2. The number of ether oxygens (including phenoxy) is 1. The second-order valence-electron chi connectivity index (χ2n) is 10.1. The molecule has 1 aliphatic rings. The minimum atomic E-state index is -4.38. The molecule has 4 nitrogen and oxygen atoms in total. The number of methoxy groups -OCH3 is 1. The van der Waals surface area contributed by atoms with Crippen molar-refractivity contribution in [2.45, 2.75) is 57.9 Å². The van der Waals surface area contributed by atoms with Gasteiger partial charge in [-0.25, -0.2) is 4.39 Å². The van der Waals surface area contributed by atoms with Gasteiger partial charge in [0.05, 0.1) is 47.1 Å². The first kappa shape index (κ1) is 30.4. The molecule has 0 radical (unpaired) electrons. The van der Waals surface area contributed by atoms with Crippen molar-refractivity contribution in [1.29, 1.82) is 0 Å². The van der Waals surface area contributed by atoms with Gasteiger partial charge in [-0.1, -0.05) is 37.8 Å². The van der Waals surface area contributed by atoms with E-state index < -0.39 is 24.8 Å². The first-order chi connectivity index (χ1) is 19.1. The Bertz CT molecular complexity index is 1410. The van der Waals surface area contributed by atoms with E-state index in [-0.39, 0.29) is 12.1 Å². The number of piperidine rings is 1. The van der Waals surface area contributed by atoms with Crippen molar-refractivity contribution in [2.24, 2.45) is 0 Å². The minimum absolute atomic E-state index is 0.163. The lowest BCUT2D eigenvalue weighted by Gasteiger charge is -2.33. The summed E-state index contributed by atoms with van der Waals surface area (Å²) in [6.45, 7) is 5.45. The second-order valence-corrected chi connectivity index (χ2v) is 11.7. The first-order valence-electron chi connectivity index (χ1n) is 13.5. The predicted octanol–water partition coefficient (Wildman–Crippen LogP) is 6.56. The lowest BCUT2D eigenvalue weighted by Crippen LogP contribution is -2.46. The van der Waals surface area contributed by atoms with Gasteiger partial charge in [-0.2, -0.15) is 13.2 Å². The summed E-state index contributed by atoms with van der Waals surface area (Å²) in [6, 6.07) is 6.93. The predicted molar refractivity (Wildman–Crippen MR) is 162 cm³/mol. The molecule has 1 saturated heterocycles. The number of alkyl halides is 4. The highest BCUT2D eigenvalue weighted by atomic mass is 32.1. The number of aryl methyl sites for hydroxylation is 1. The number of anilines is 2. The molecule has 4 rings (SSSR count). The topological polar surface area (TPSA) is 36.5 Å². The monoisotopic (exact) mass is 593 g/mol. The van der Waals surface area contributed by atoms with Crippen molar-refractivity contribution in [3.05, 3.63) is 45.8 Å². The van der Waals surface area contributed by atoms with Gasteiger partial charge in [0.2, 0.25) is 0 Å². The molecule has 0 spiro atoms. The normalized spacial score (nSPS) is 17.9. The van der Waals surface area contributed by atoms with Gasteiger partial charge in [-0.3, -0.25) is 0 Å². The highest BCUT2D eigenvalue weighted by Crippen LogP contribution is 2.40. The largest absolute Gasteiger partial charge is 0.494 e. The molecule has 3 unspecified atom stereocenters. The van der Waals surface area contributed by atoms with Crippen molar-refractivity contribution in [2.75, 3.05) is 44.4 Å². The van der Waals surface area contributed by atoms with E-state index in [4.69, 9.17) is 4.74 Å². The Balaban J connectivity index is 1.65. The Labute approximate surface area is 240 Å². The zero-order valence-corrected chi connectivity index (χ0v) is 25.2. The number of thiophene rings is 1. The summed E-state index contributed by atoms with van der Waals surface area (Å²) in [5.74, 6) is 6.82. The molecule has 1 fully saturated rings. The van der Waals surface area contributed by atoms with Crippen LogP contribution in [0.4, 0.5) is 28.9 Å². The van der Waals surface area contributed by atoms with Gasteiger partial charge in [0.25, 0.3) is 0 Å². The van der Waals surface area contributed by atoms with Crippen LogP contribution in [0.15, 0.2) is 24.3 Å². The summed E-state index contributed by atoms with van der Waals surface area (Å²) < 4.78 is 62.0. The van der Waals surface area contributed by atoms with E-state index in [1.165, 1.54) is 11.3 Å². The lowest BCUT2D eigenvalue weighted by molar-refractivity contribution is -0.126. The molecular weight excluding hydrogens is 557 g/mol. The Morgan fingerprint density at radius 3 is 2.62 bits per heavy atom. The van der Waals surface area contributed by atoms with Crippen molar-refractivity contribution >= 4 is 47.3 Å². The fourth-order valence-electron chi connectivity index (χ4n) is 5.27. The minimum Gasteiger partial charge on any atom is -0.494 e. The smallest absolute Gasteiger partial charge is 0.393 e. The quantitative estimate of drug-likeness (QED) is 0.176. The molecule has 0 aliphatic carbocycles. The van der Waals surface area contributed by atoms with E-state index in [0.717, 1.165) is 47.3 Å². The molecule has 216 valence electrons. The lowest BCUT2D eigenvalue weighted by atomic mass is 10.0. The van der Waals surface area contributed by atoms with Crippen LogP contribution in [0, 0.1) is 11.8 Å². The molecule has 0 saturated carbocycles. The molecule has 3 atom stereocenters. The molecule has 0 amide bonds. The van der Waals surface area contributed by atoms with Crippen LogP contribution < -0.4 is 20.7 Å². The third-order valence-corrected chi connectivity index (χ3v) is 8.99. The number of rotatable bonds is 8. The van der Waals surface area contributed by atoms with Crippen LogP contribution in [-0.2, 0) is 19.3 Å². The fourth-order valence-corrected chi connectivity index (χ4v) is 6.98. The van der Waals surface area contributed by atoms with Gasteiger partial charge in [0, 0.05) is 18.7 Å². The standard InChI is InChI=1S/C30H36F4N3OPS/c1-5-18-15-25(39)19(6-2)28(38-4)27(18)35-13-8-11-26-21(16-30(32,33)34)20-9-7-10-24(29(20)40-26)36-23-12-14-37(3)17-22(23)31/h7,9-10,15,22-23,35-36H,5-6,12-14,16-17,39H2,1-4H3. The van der Waals surface area contributed by atoms with E-state index in [9.17, 15) is 17.6 Å². The molecule has 1 aromatic heterocycles. The van der Waals surface area contributed by atoms with Crippen molar-refractivity contribution in [1.82, 2.24) is 4.90 Å². The highest BCUT2D eigenvalue weighted by molar-refractivity contribution is 7.27. The fraction of sp³-hybridized carbons (Fsp3) is 0.467. The molecule has 2 N–H and O–H groups in total. The van der Waals surface area contributed by atoms with Crippen LogP contribution in [0.25, 0.3) is 10.1 Å². The van der Waals surface area contributed by atoms with Crippen LogP contribution >= 0.6 is 20.6 Å². The molecule has 3 aromatic rings. The number of hydrogen-bond acceptors (Lipinski definition) is 5. The van der Waals surface area contributed by atoms with Crippen LogP contribution in [0.3, 0.4) is 0 Å². The molecule has 2 heterocycles. The average Bonchev–Trinajstić information content (AvgIpc) is 3.24. The van der Waals surface area contributed by atoms with Gasteiger partial charge >= 0.3 is 6.18 Å². The van der Waals surface area contributed by atoms with Crippen molar-refractivity contribution < 1.29 is 22.3 Å². The number of likely N-dealkylation sites (tertiary alicyclic amines) is 1. The van der Waals surface area contributed by atoms with Crippen molar-refractivity contribution in [3.63, 3.8) is 0 Å². The summed E-state index contributed by atoms with van der Waals surface area (Å²) in [5.41, 5.74) is 3.83. The van der Waals surface area contributed by atoms with Crippen LogP contribution in [0.5, 0.6) is 5.75 Å². The van der Waals surface area contributed by atoms with E-state index >= 15 is 0 Å². The Hall–Kier alpha value is -2.53. The number of halogens is 4. The molecule has 1 aliphatic heterocycles. The van der Waals surface area contributed by atoms with Gasteiger partial charge < -0.3 is 20.3 Å². The van der Waals surface area contributed by atoms with Gasteiger partial charge in [-0.05, 0) is 60.3 Å². The first-order valence-corrected chi connectivity index (χ1v) is 14.9. The second kappa shape index (κ2) is 13.0. The average molecular weight is 594 g/mol. The summed E-state index contributed by atoms with van der Waals surface area (Å²) in [7, 11) is 6.28. The number of benzene rings is 2. The maximum absolute atomic E-state index is 14.7. The molecule has 2 aromatic carbocycles. The molecular formula is C30H36F4N3OPS. The number of nitrogens with zero attached hydrogens (tertiary/aromatic N) is 1. The van der Waals surface area contributed by atoms with E-state index in [0.29, 0.717) is 33.6 Å². The molecule has 40 heavy (non-hydrogen) atoms. The summed E-state index contributed by atoms with van der Waals surface area (Å²) in [5, 5.41) is 8.21. The van der Waals surface area contributed by atoms with Crippen LogP contribution in [0.1, 0.15) is 41.8 Å². The Morgan fingerprint density at radius 2 is 1.98 bits per heavy atom. The third-order valence-electron chi connectivity index (χ3n) is 7.28. The van der Waals surface area contributed by atoms with E-state index in [1.54, 1.807) is 25.3 Å². The summed E-state index contributed by atoms with van der Waals surface area (Å²) >= 11 is 1.23. The van der Waals surface area contributed by atoms with Gasteiger partial charge in [0.15, 0.2) is 0 Å². The third kappa shape index (κ3) is 6.84.